The van der Waals surface area contributed by atoms with E-state index in [0.717, 1.165) is 24.9 Å². The van der Waals surface area contributed by atoms with Gasteiger partial charge in [-0.2, -0.15) is 0 Å². The molecule has 0 saturated heterocycles. The summed E-state index contributed by atoms with van der Waals surface area (Å²) in [5, 5.41) is 12.5. The molecule has 0 spiro atoms. The number of halogens is 2. The number of carbonyl (C=O) groups excluding carboxylic acids is 2. The highest BCUT2D eigenvalue weighted by molar-refractivity contribution is 6.84. The zero-order chi connectivity index (χ0) is 25.9. The smallest absolute Gasteiger partial charge is 0.319 e. The molecule has 2 aromatic carbocycles. The normalized spacial score (nSPS) is 11.6. The minimum atomic E-state index is -1.87. The molecule has 0 radical (unpaired) electrons. The van der Waals surface area contributed by atoms with Gasteiger partial charge in [-0.15, -0.1) is 0 Å². The van der Waals surface area contributed by atoms with Crippen molar-refractivity contribution < 1.29 is 13.7 Å². The molecule has 0 saturated carbocycles. The Morgan fingerprint density at radius 2 is 1.14 bits per heavy atom. The summed E-state index contributed by atoms with van der Waals surface area (Å²) in [5.74, 6) is 0. The van der Waals surface area contributed by atoms with Crippen LogP contribution >= 0.6 is 23.2 Å². The summed E-state index contributed by atoms with van der Waals surface area (Å²) >= 11 is 11.9. The van der Waals surface area contributed by atoms with Crippen LogP contribution in [0, 0.1) is 0 Å². The van der Waals surface area contributed by atoms with Crippen LogP contribution in [0.3, 0.4) is 0 Å². The molecule has 0 aromatic heterocycles. The number of hydrogen-bond donors (Lipinski definition) is 4. The van der Waals surface area contributed by atoms with Gasteiger partial charge in [-0.05, 0) is 87.5 Å². The lowest BCUT2D eigenvalue weighted by Gasteiger charge is -2.34. The van der Waals surface area contributed by atoms with Crippen molar-refractivity contribution in [1.82, 2.24) is 10.6 Å². The standard InChI is InChI=1S/C24H36Cl2N4O3Si2/c1-34(2,15-7-13-27-23(31)29-21-11-5-9-19(25)17-21)33-35(3,4)16-8-14-28-24(32)30-22-12-6-10-20(26)18-22/h5-6,9-12,17-18H,7-8,13-16H2,1-4H3,(H2,27,29,31)(H2,28,30,32). The number of carbonyl (C=O) groups is 2. The van der Waals surface area contributed by atoms with E-state index in [0.29, 0.717) is 34.5 Å². The Balaban J connectivity index is 1.62. The fourth-order valence-electron chi connectivity index (χ4n) is 3.77. The molecular weight excluding hydrogens is 519 g/mol. The predicted octanol–water partition coefficient (Wildman–Crippen LogP) is 7.14. The first-order chi connectivity index (χ1) is 16.4. The van der Waals surface area contributed by atoms with Crippen LogP contribution < -0.4 is 21.3 Å². The molecule has 35 heavy (non-hydrogen) atoms. The van der Waals surface area contributed by atoms with E-state index in [1.807, 2.05) is 0 Å². The van der Waals surface area contributed by atoms with Gasteiger partial charge in [0.25, 0.3) is 0 Å². The van der Waals surface area contributed by atoms with Crippen molar-refractivity contribution in [3.05, 3.63) is 58.6 Å². The van der Waals surface area contributed by atoms with Crippen LogP contribution in [-0.4, -0.2) is 41.8 Å². The molecule has 7 nitrogen and oxygen atoms in total. The van der Waals surface area contributed by atoms with E-state index >= 15 is 0 Å². The van der Waals surface area contributed by atoms with Gasteiger partial charge in [-0.3, -0.25) is 0 Å². The molecule has 11 heteroatoms. The van der Waals surface area contributed by atoms with E-state index in [2.05, 4.69) is 47.5 Å². The van der Waals surface area contributed by atoms with Crippen LogP contribution in [0.1, 0.15) is 12.8 Å². The van der Waals surface area contributed by atoms with Gasteiger partial charge in [0.05, 0.1) is 0 Å². The molecule has 0 aliphatic rings. The number of hydrogen-bond acceptors (Lipinski definition) is 3. The first-order valence-corrected chi connectivity index (χ1v) is 18.7. The number of anilines is 2. The summed E-state index contributed by atoms with van der Waals surface area (Å²) < 4.78 is 6.65. The summed E-state index contributed by atoms with van der Waals surface area (Å²) in [5.41, 5.74) is 1.33. The Kier molecular flexibility index (Phi) is 11.6. The number of benzene rings is 2. The SMILES string of the molecule is C[Si](C)(CCCNC(=O)Nc1cccc(Cl)c1)O[Si](C)(C)CCCNC(=O)Nc1cccc(Cl)c1. The maximum absolute atomic E-state index is 12.1. The Morgan fingerprint density at radius 1 is 0.743 bits per heavy atom. The summed E-state index contributed by atoms with van der Waals surface area (Å²) in [6.07, 6.45) is 1.72. The van der Waals surface area contributed by atoms with Gasteiger partial charge < -0.3 is 25.4 Å². The molecule has 0 atom stereocenters. The van der Waals surface area contributed by atoms with Crippen molar-refractivity contribution in [2.45, 2.75) is 51.1 Å². The topological polar surface area (TPSA) is 91.5 Å². The van der Waals surface area contributed by atoms with Crippen LogP contribution in [0.4, 0.5) is 21.0 Å². The Bertz CT molecular complexity index is 915. The lowest BCUT2D eigenvalue weighted by atomic mass is 10.3. The second kappa shape index (κ2) is 13.9. The molecule has 0 fully saturated rings. The predicted molar refractivity (Wildman–Crippen MR) is 152 cm³/mol. The molecule has 0 aliphatic carbocycles. The average Bonchev–Trinajstić information content (AvgIpc) is 2.74. The summed E-state index contributed by atoms with van der Waals surface area (Å²) in [4.78, 5) is 24.1. The average molecular weight is 556 g/mol. The van der Waals surface area contributed by atoms with Crippen LogP contribution in [0.2, 0.25) is 48.3 Å². The first-order valence-electron chi connectivity index (χ1n) is 11.8. The fraction of sp³-hybridized carbons (Fsp3) is 0.417. The number of nitrogens with one attached hydrogen (secondary N) is 4. The van der Waals surface area contributed by atoms with Crippen LogP contribution in [0.5, 0.6) is 0 Å². The largest absolute Gasteiger partial charge is 0.455 e. The van der Waals surface area contributed by atoms with Gasteiger partial charge >= 0.3 is 12.1 Å². The first kappa shape index (κ1) is 29.2. The molecule has 4 amide bonds. The van der Waals surface area contributed by atoms with Gasteiger partial charge in [-0.1, -0.05) is 35.3 Å². The van der Waals surface area contributed by atoms with Crippen molar-refractivity contribution in [2.75, 3.05) is 23.7 Å². The van der Waals surface area contributed by atoms with Crippen LogP contribution in [-0.2, 0) is 4.12 Å². The number of amides is 4. The molecular formula is C24H36Cl2N4O3Si2. The highest BCUT2D eigenvalue weighted by Crippen LogP contribution is 2.23. The van der Waals surface area contributed by atoms with Gasteiger partial charge in [0, 0.05) is 34.5 Å². The number of urea groups is 2. The maximum atomic E-state index is 12.1. The maximum Gasteiger partial charge on any atom is 0.319 e. The summed E-state index contributed by atoms with van der Waals surface area (Å²) in [6, 6.07) is 15.5. The molecule has 192 valence electrons. The van der Waals surface area contributed by atoms with Crippen LogP contribution in [0.15, 0.2) is 48.5 Å². The quantitative estimate of drug-likeness (QED) is 0.166. The monoisotopic (exact) mass is 554 g/mol. The molecule has 0 aliphatic heterocycles. The second-order valence-electron chi connectivity index (χ2n) is 9.61. The van der Waals surface area contributed by atoms with E-state index < -0.39 is 16.6 Å². The van der Waals surface area contributed by atoms with Gasteiger partial charge in [0.1, 0.15) is 0 Å². The third-order valence-corrected chi connectivity index (χ3v) is 13.2. The van der Waals surface area contributed by atoms with E-state index in [4.69, 9.17) is 27.3 Å². The summed E-state index contributed by atoms with van der Waals surface area (Å²) in [7, 11) is -3.74. The lowest BCUT2D eigenvalue weighted by molar-refractivity contribution is 0.251. The van der Waals surface area contributed by atoms with E-state index in [1.165, 1.54) is 0 Å². The minimum Gasteiger partial charge on any atom is -0.455 e. The molecule has 0 heterocycles. The van der Waals surface area contributed by atoms with Crippen molar-refractivity contribution in [2.24, 2.45) is 0 Å². The number of rotatable bonds is 12. The molecule has 2 aromatic rings. The van der Waals surface area contributed by atoms with E-state index in [-0.39, 0.29) is 12.1 Å². The van der Waals surface area contributed by atoms with Crippen molar-refractivity contribution in [3.8, 4) is 0 Å². The second-order valence-corrected chi connectivity index (χ2v) is 19.3. The van der Waals surface area contributed by atoms with Crippen molar-refractivity contribution in [3.63, 3.8) is 0 Å². The van der Waals surface area contributed by atoms with Crippen molar-refractivity contribution >= 4 is 63.3 Å². The van der Waals surface area contributed by atoms with Gasteiger partial charge in [-0.25, -0.2) is 9.59 Å². The minimum absolute atomic E-state index is 0.241. The Hall–Kier alpha value is -2.05. The van der Waals surface area contributed by atoms with Gasteiger partial charge in [0.2, 0.25) is 0 Å². The van der Waals surface area contributed by atoms with Gasteiger partial charge in [0.15, 0.2) is 16.6 Å². The van der Waals surface area contributed by atoms with E-state index in [1.54, 1.807) is 48.5 Å². The Labute approximate surface area is 220 Å². The zero-order valence-electron chi connectivity index (χ0n) is 20.8. The molecule has 4 N–H and O–H groups in total. The zero-order valence-corrected chi connectivity index (χ0v) is 24.4. The highest BCUT2D eigenvalue weighted by atomic mass is 35.5. The molecule has 2 rings (SSSR count). The lowest BCUT2D eigenvalue weighted by Crippen LogP contribution is -2.45. The highest BCUT2D eigenvalue weighted by Gasteiger charge is 2.32. The third kappa shape index (κ3) is 12.5. The summed E-state index contributed by atoms with van der Waals surface area (Å²) in [6.45, 7) is 10.1. The van der Waals surface area contributed by atoms with Crippen molar-refractivity contribution in [1.29, 1.82) is 0 Å². The molecule has 0 unspecified atom stereocenters. The third-order valence-electron chi connectivity index (χ3n) is 5.20. The van der Waals surface area contributed by atoms with E-state index in [9.17, 15) is 9.59 Å². The van der Waals surface area contributed by atoms with Crippen LogP contribution in [0.25, 0.3) is 0 Å². The fourth-order valence-corrected chi connectivity index (χ4v) is 13.0. The Morgan fingerprint density at radius 3 is 1.51 bits per heavy atom. The molecule has 0 bridgehead atoms.